The molecule has 0 aromatic carbocycles. The van der Waals surface area contributed by atoms with Gasteiger partial charge in [-0.25, -0.2) is 0 Å². The molecular weight excluding hydrogens is 214 g/mol. The van der Waals surface area contributed by atoms with E-state index in [-0.39, 0.29) is 0 Å². The van der Waals surface area contributed by atoms with E-state index in [1.165, 1.54) is 5.56 Å². The quantitative estimate of drug-likeness (QED) is 0.755. The zero-order chi connectivity index (χ0) is 12.7. The second-order valence-electron chi connectivity index (χ2n) is 4.48. The molecule has 0 saturated heterocycles. The van der Waals surface area contributed by atoms with Gasteiger partial charge in [-0.2, -0.15) is 0 Å². The van der Waals surface area contributed by atoms with Crippen molar-refractivity contribution in [2.24, 2.45) is 0 Å². The average molecular weight is 239 g/mol. The number of rotatable bonds is 8. The first-order valence-electron chi connectivity index (χ1n) is 6.57. The lowest BCUT2D eigenvalue weighted by atomic mass is 10.2. The SMILES string of the molecule is CCCC(C)OCc1cc(CNCC)oc1C. The summed E-state index contributed by atoms with van der Waals surface area (Å²) in [7, 11) is 0. The molecule has 0 amide bonds. The average Bonchev–Trinajstić information content (AvgIpc) is 2.65. The van der Waals surface area contributed by atoms with Gasteiger partial charge in [-0.3, -0.25) is 0 Å². The van der Waals surface area contributed by atoms with E-state index >= 15 is 0 Å². The Bertz CT molecular complexity index is 320. The van der Waals surface area contributed by atoms with Gasteiger partial charge in [-0.05, 0) is 32.9 Å². The van der Waals surface area contributed by atoms with Gasteiger partial charge in [-0.1, -0.05) is 20.3 Å². The number of hydrogen-bond acceptors (Lipinski definition) is 3. The van der Waals surface area contributed by atoms with Gasteiger partial charge in [0.1, 0.15) is 11.5 Å². The fourth-order valence-corrected chi connectivity index (χ4v) is 1.79. The van der Waals surface area contributed by atoms with Crippen molar-refractivity contribution < 1.29 is 9.15 Å². The van der Waals surface area contributed by atoms with E-state index in [9.17, 15) is 0 Å². The summed E-state index contributed by atoms with van der Waals surface area (Å²) in [6.07, 6.45) is 2.60. The molecule has 1 unspecified atom stereocenters. The third kappa shape index (κ3) is 4.92. The summed E-state index contributed by atoms with van der Waals surface area (Å²) in [6.45, 7) is 10.8. The minimum Gasteiger partial charge on any atom is -0.465 e. The summed E-state index contributed by atoms with van der Waals surface area (Å²) in [5, 5.41) is 3.26. The molecule has 1 rings (SSSR count). The predicted molar refractivity (Wildman–Crippen MR) is 70.0 cm³/mol. The molecule has 0 saturated carbocycles. The normalized spacial score (nSPS) is 12.9. The van der Waals surface area contributed by atoms with Gasteiger partial charge in [0.15, 0.2) is 0 Å². The molecule has 3 heteroatoms. The molecule has 1 aromatic rings. The molecule has 0 fully saturated rings. The summed E-state index contributed by atoms with van der Waals surface area (Å²) < 4.78 is 11.5. The van der Waals surface area contributed by atoms with Gasteiger partial charge >= 0.3 is 0 Å². The Morgan fingerprint density at radius 1 is 1.41 bits per heavy atom. The molecule has 1 heterocycles. The first-order valence-corrected chi connectivity index (χ1v) is 6.57. The molecular formula is C14H25NO2. The van der Waals surface area contributed by atoms with Crippen LogP contribution in [0, 0.1) is 6.92 Å². The second-order valence-corrected chi connectivity index (χ2v) is 4.48. The van der Waals surface area contributed by atoms with Gasteiger partial charge in [0.25, 0.3) is 0 Å². The lowest BCUT2D eigenvalue weighted by Gasteiger charge is -2.10. The van der Waals surface area contributed by atoms with Crippen molar-refractivity contribution in [3.63, 3.8) is 0 Å². The third-order valence-electron chi connectivity index (χ3n) is 2.84. The van der Waals surface area contributed by atoms with Crippen LogP contribution in [0.15, 0.2) is 10.5 Å². The Morgan fingerprint density at radius 3 is 2.82 bits per heavy atom. The molecule has 0 bridgehead atoms. The fraction of sp³-hybridized carbons (Fsp3) is 0.714. The van der Waals surface area contributed by atoms with E-state index in [2.05, 4.69) is 32.2 Å². The molecule has 0 radical (unpaired) electrons. The number of aryl methyl sites for hydroxylation is 1. The minimum atomic E-state index is 0.325. The van der Waals surface area contributed by atoms with Crippen molar-refractivity contribution >= 4 is 0 Å². The fourth-order valence-electron chi connectivity index (χ4n) is 1.79. The third-order valence-corrected chi connectivity index (χ3v) is 2.84. The maximum absolute atomic E-state index is 5.79. The molecule has 1 atom stereocenters. The van der Waals surface area contributed by atoms with Crippen LogP contribution in [0.5, 0.6) is 0 Å². The Labute approximate surface area is 105 Å². The number of furan rings is 1. The lowest BCUT2D eigenvalue weighted by Crippen LogP contribution is -2.10. The highest BCUT2D eigenvalue weighted by Crippen LogP contribution is 2.17. The molecule has 98 valence electrons. The van der Waals surface area contributed by atoms with Crippen LogP contribution in [-0.2, 0) is 17.9 Å². The van der Waals surface area contributed by atoms with Crippen molar-refractivity contribution in [1.29, 1.82) is 0 Å². The van der Waals surface area contributed by atoms with Gasteiger partial charge in [0.05, 0.1) is 19.3 Å². The topological polar surface area (TPSA) is 34.4 Å². The van der Waals surface area contributed by atoms with Crippen molar-refractivity contribution in [3.05, 3.63) is 23.2 Å². The van der Waals surface area contributed by atoms with E-state index < -0.39 is 0 Å². The zero-order valence-electron chi connectivity index (χ0n) is 11.5. The smallest absolute Gasteiger partial charge is 0.118 e. The van der Waals surface area contributed by atoms with Crippen LogP contribution in [-0.4, -0.2) is 12.6 Å². The van der Waals surface area contributed by atoms with E-state index in [4.69, 9.17) is 9.15 Å². The van der Waals surface area contributed by atoms with Crippen LogP contribution in [0.1, 0.15) is 50.7 Å². The molecule has 3 nitrogen and oxygen atoms in total. The molecule has 0 spiro atoms. The van der Waals surface area contributed by atoms with Crippen LogP contribution in [0.3, 0.4) is 0 Å². The van der Waals surface area contributed by atoms with Gasteiger partial charge in [0.2, 0.25) is 0 Å². The van der Waals surface area contributed by atoms with E-state index in [1.54, 1.807) is 0 Å². The van der Waals surface area contributed by atoms with Gasteiger partial charge in [-0.15, -0.1) is 0 Å². The van der Waals surface area contributed by atoms with Crippen LogP contribution in [0.25, 0.3) is 0 Å². The van der Waals surface area contributed by atoms with Crippen molar-refractivity contribution in [3.8, 4) is 0 Å². The number of nitrogens with one attached hydrogen (secondary N) is 1. The van der Waals surface area contributed by atoms with Gasteiger partial charge < -0.3 is 14.5 Å². The number of ether oxygens (including phenoxy) is 1. The van der Waals surface area contributed by atoms with Crippen LogP contribution in [0.4, 0.5) is 0 Å². The Kier molecular flexibility index (Phi) is 6.30. The summed E-state index contributed by atoms with van der Waals surface area (Å²) in [4.78, 5) is 0. The molecule has 1 N–H and O–H groups in total. The molecule has 0 aliphatic rings. The van der Waals surface area contributed by atoms with Crippen LogP contribution >= 0.6 is 0 Å². The molecule has 17 heavy (non-hydrogen) atoms. The summed E-state index contributed by atoms with van der Waals surface area (Å²) in [5.74, 6) is 1.97. The maximum Gasteiger partial charge on any atom is 0.118 e. The van der Waals surface area contributed by atoms with E-state index in [0.717, 1.165) is 37.5 Å². The maximum atomic E-state index is 5.79. The Morgan fingerprint density at radius 2 is 2.18 bits per heavy atom. The first kappa shape index (κ1) is 14.3. The zero-order valence-corrected chi connectivity index (χ0v) is 11.5. The molecule has 0 aliphatic carbocycles. The summed E-state index contributed by atoms with van der Waals surface area (Å²) >= 11 is 0. The largest absolute Gasteiger partial charge is 0.465 e. The van der Waals surface area contributed by atoms with Crippen molar-refractivity contribution in [1.82, 2.24) is 5.32 Å². The predicted octanol–water partition coefficient (Wildman–Crippen LogP) is 3.40. The van der Waals surface area contributed by atoms with E-state index in [0.29, 0.717) is 12.7 Å². The van der Waals surface area contributed by atoms with Crippen molar-refractivity contribution in [2.45, 2.75) is 59.8 Å². The van der Waals surface area contributed by atoms with E-state index in [1.807, 2.05) is 6.92 Å². The highest BCUT2D eigenvalue weighted by molar-refractivity contribution is 5.19. The van der Waals surface area contributed by atoms with Crippen LogP contribution in [0.2, 0.25) is 0 Å². The number of hydrogen-bond donors (Lipinski definition) is 1. The van der Waals surface area contributed by atoms with Gasteiger partial charge in [0, 0.05) is 5.56 Å². The molecule has 1 aromatic heterocycles. The summed E-state index contributed by atoms with van der Waals surface area (Å²) in [6, 6.07) is 2.09. The summed E-state index contributed by atoms with van der Waals surface area (Å²) in [5.41, 5.74) is 1.17. The second kappa shape index (κ2) is 7.51. The standard InChI is InChI=1S/C14H25NO2/c1-5-7-11(3)16-10-13-8-14(9-15-6-2)17-12(13)4/h8,11,15H,5-7,9-10H2,1-4H3. The van der Waals surface area contributed by atoms with Crippen LogP contribution < -0.4 is 5.32 Å². The minimum absolute atomic E-state index is 0.325. The monoisotopic (exact) mass is 239 g/mol. The Hall–Kier alpha value is -0.800. The lowest BCUT2D eigenvalue weighted by molar-refractivity contribution is 0.0465. The van der Waals surface area contributed by atoms with Crippen molar-refractivity contribution in [2.75, 3.05) is 6.54 Å². The first-order chi connectivity index (χ1) is 8.17. The highest BCUT2D eigenvalue weighted by atomic mass is 16.5. The molecule has 0 aliphatic heterocycles. The Balaban J connectivity index is 2.44. The highest BCUT2D eigenvalue weighted by Gasteiger charge is 2.09.